The number of benzene rings is 1. The van der Waals surface area contributed by atoms with Crippen LogP contribution in [0.2, 0.25) is 0 Å². The Bertz CT molecular complexity index is 544. The topological polar surface area (TPSA) is 3.88 Å². The summed E-state index contributed by atoms with van der Waals surface area (Å²) < 4.78 is 2.18. The van der Waals surface area contributed by atoms with Gasteiger partial charge in [0.05, 0.1) is 0 Å². The molecule has 0 fully saturated rings. The van der Waals surface area contributed by atoms with E-state index in [2.05, 4.69) is 66.3 Å². The van der Waals surface area contributed by atoms with E-state index < -0.39 is 0 Å². The highest BCUT2D eigenvalue weighted by Gasteiger charge is 2.04. The lowest BCUT2D eigenvalue weighted by Gasteiger charge is -2.03. The van der Waals surface area contributed by atoms with Crippen molar-refractivity contribution in [3.63, 3.8) is 0 Å². The van der Waals surface area contributed by atoms with Gasteiger partial charge in [-0.05, 0) is 18.4 Å². The predicted molar refractivity (Wildman–Crippen MR) is 108 cm³/mol. The molecule has 136 valence electrons. The highest BCUT2D eigenvalue weighted by atomic mass is 14.9. The van der Waals surface area contributed by atoms with E-state index in [4.69, 9.17) is 0 Å². The van der Waals surface area contributed by atoms with Crippen molar-refractivity contribution in [1.29, 1.82) is 0 Å². The molecule has 0 spiro atoms. The number of hydrogen-bond donors (Lipinski definition) is 0. The summed E-state index contributed by atoms with van der Waals surface area (Å²) >= 11 is 0. The lowest BCUT2D eigenvalue weighted by Crippen LogP contribution is -2.29. The molecule has 0 saturated carbocycles. The Morgan fingerprint density at radius 3 is 1.68 bits per heavy atom. The number of nitrogens with zero attached hydrogens (tertiary/aromatic N) is 1. The molecule has 0 aliphatic heterocycles. The predicted octanol–water partition coefficient (Wildman–Crippen LogP) is 6.82. The summed E-state index contributed by atoms with van der Waals surface area (Å²) in [5.74, 6) is 0. The third-order valence-corrected chi connectivity index (χ3v) is 5.02. The first-order chi connectivity index (χ1) is 12.4. The van der Waals surface area contributed by atoms with Gasteiger partial charge in [-0.2, -0.15) is 4.57 Å². The fourth-order valence-corrected chi connectivity index (χ4v) is 3.39. The Balaban J connectivity index is 1.51. The third kappa shape index (κ3) is 8.34. The molecule has 1 aromatic heterocycles. The van der Waals surface area contributed by atoms with Gasteiger partial charge in [-0.3, -0.25) is 0 Å². The highest BCUT2D eigenvalue weighted by Crippen LogP contribution is 2.12. The zero-order valence-corrected chi connectivity index (χ0v) is 16.1. The molecule has 0 atom stereocenters. The lowest BCUT2D eigenvalue weighted by molar-refractivity contribution is -0.595. The largest absolute Gasteiger partial charge is 0.210 e. The molecule has 0 unspecified atom stereocenters. The maximum atomic E-state index is 2.29. The summed E-state index contributed by atoms with van der Waals surface area (Å²) in [5, 5.41) is 0. The Morgan fingerprint density at radius 2 is 1.12 bits per heavy atom. The fraction of sp³-hybridized carbons (Fsp3) is 0.542. The van der Waals surface area contributed by atoms with E-state index in [1.54, 1.807) is 0 Å². The Morgan fingerprint density at radius 1 is 0.600 bits per heavy atom. The van der Waals surface area contributed by atoms with Crippen molar-refractivity contribution in [2.75, 3.05) is 0 Å². The number of para-hydroxylation sites is 1. The molecular formula is C24H36N+. The highest BCUT2D eigenvalue weighted by molar-refractivity contribution is 5.21. The van der Waals surface area contributed by atoms with Gasteiger partial charge in [0.1, 0.15) is 0 Å². The molecular weight excluding hydrogens is 302 g/mol. The zero-order chi connectivity index (χ0) is 17.6. The molecule has 1 aromatic carbocycles. The molecule has 0 radical (unpaired) electrons. The van der Waals surface area contributed by atoms with Crippen molar-refractivity contribution in [2.45, 2.75) is 84.0 Å². The van der Waals surface area contributed by atoms with Crippen LogP contribution in [0.5, 0.6) is 0 Å². The fourth-order valence-electron chi connectivity index (χ4n) is 3.39. The maximum Gasteiger partial charge on any atom is 0.210 e. The van der Waals surface area contributed by atoms with Crippen LogP contribution in [0, 0.1) is 0 Å². The van der Waals surface area contributed by atoms with Gasteiger partial charge >= 0.3 is 0 Å². The van der Waals surface area contributed by atoms with Gasteiger partial charge in [-0.1, -0.05) is 89.3 Å². The normalized spacial score (nSPS) is 10.9. The van der Waals surface area contributed by atoms with Crippen molar-refractivity contribution in [3.8, 4) is 5.69 Å². The molecule has 0 N–H and O–H groups in total. The molecule has 1 heterocycles. The average molecular weight is 339 g/mol. The summed E-state index contributed by atoms with van der Waals surface area (Å²) in [6.45, 7) is 2.29. The van der Waals surface area contributed by atoms with Gasteiger partial charge < -0.3 is 0 Å². The third-order valence-electron chi connectivity index (χ3n) is 5.02. The van der Waals surface area contributed by atoms with E-state index in [-0.39, 0.29) is 0 Å². The molecule has 1 heteroatoms. The SMILES string of the molecule is CCCCCCCCCCCCCc1cc[n+](-c2ccccc2)cc1. The summed E-state index contributed by atoms with van der Waals surface area (Å²) in [5.41, 5.74) is 2.69. The Hall–Kier alpha value is -1.63. The quantitative estimate of drug-likeness (QED) is 0.279. The number of aromatic nitrogens is 1. The van der Waals surface area contributed by atoms with Crippen LogP contribution in [0.1, 0.15) is 83.1 Å². The summed E-state index contributed by atoms with van der Waals surface area (Å²) in [7, 11) is 0. The molecule has 0 amide bonds. The van der Waals surface area contributed by atoms with E-state index in [9.17, 15) is 0 Å². The van der Waals surface area contributed by atoms with Gasteiger partial charge in [-0.15, -0.1) is 0 Å². The lowest BCUT2D eigenvalue weighted by atomic mass is 10.0. The molecule has 0 aliphatic carbocycles. The molecule has 1 nitrogen and oxygen atoms in total. The van der Waals surface area contributed by atoms with E-state index >= 15 is 0 Å². The van der Waals surface area contributed by atoms with E-state index in [0.717, 1.165) is 0 Å². The molecule has 0 saturated heterocycles. The van der Waals surface area contributed by atoms with Gasteiger partial charge in [0, 0.05) is 24.3 Å². The minimum Gasteiger partial charge on any atom is -0.167 e. The van der Waals surface area contributed by atoms with Gasteiger partial charge in [0.2, 0.25) is 5.69 Å². The van der Waals surface area contributed by atoms with Gasteiger partial charge in [0.15, 0.2) is 12.4 Å². The molecule has 0 aliphatic rings. The first kappa shape index (κ1) is 19.7. The van der Waals surface area contributed by atoms with E-state index in [0.29, 0.717) is 0 Å². The monoisotopic (exact) mass is 338 g/mol. The van der Waals surface area contributed by atoms with Crippen molar-refractivity contribution in [3.05, 3.63) is 60.4 Å². The van der Waals surface area contributed by atoms with Crippen molar-refractivity contribution in [1.82, 2.24) is 0 Å². The standard InChI is InChI=1S/C24H36N/c1-2-3-4-5-6-7-8-9-10-11-13-16-23-19-21-25(22-20-23)24-17-14-12-15-18-24/h12,14-15,17-22H,2-11,13,16H2,1H3/q+1. The summed E-state index contributed by atoms with van der Waals surface area (Å²) in [6.07, 6.45) is 21.1. The summed E-state index contributed by atoms with van der Waals surface area (Å²) in [6, 6.07) is 15.0. The van der Waals surface area contributed by atoms with Crippen LogP contribution < -0.4 is 4.57 Å². The molecule has 25 heavy (non-hydrogen) atoms. The molecule has 2 aromatic rings. The van der Waals surface area contributed by atoms with Crippen molar-refractivity contribution in [2.24, 2.45) is 0 Å². The van der Waals surface area contributed by atoms with Crippen LogP contribution in [0.15, 0.2) is 54.9 Å². The molecule has 0 bridgehead atoms. The second kappa shape index (κ2) is 12.7. The van der Waals surface area contributed by atoms with Crippen LogP contribution in [0.25, 0.3) is 5.69 Å². The number of rotatable bonds is 13. The second-order valence-electron chi connectivity index (χ2n) is 7.23. The van der Waals surface area contributed by atoms with Crippen molar-refractivity contribution >= 4 is 0 Å². The first-order valence-corrected chi connectivity index (χ1v) is 10.5. The maximum absolute atomic E-state index is 2.29. The van der Waals surface area contributed by atoms with Crippen LogP contribution in [-0.2, 0) is 6.42 Å². The Labute approximate surface area is 155 Å². The Kier molecular flexibility index (Phi) is 10.00. The van der Waals surface area contributed by atoms with E-state index in [1.807, 2.05) is 0 Å². The minimum atomic E-state index is 1.21. The number of hydrogen-bond acceptors (Lipinski definition) is 0. The summed E-state index contributed by atoms with van der Waals surface area (Å²) in [4.78, 5) is 0. The second-order valence-corrected chi connectivity index (χ2v) is 7.23. The van der Waals surface area contributed by atoms with Crippen LogP contribution in [-0.4, -0.2) is 0 Å². The zero-order valence-electron chi connectivity index (χ0n) is 16.1. The average Bonchev–Trinajstić information content (AvgIpc) is 2.67. The smallest absolute Gasteiger partial charge is 0.167 e. The van der Waals surface area contributed by atoms with Gasteiger partial charge in [0.25, 0.3) is 0 Å². The van der Waals surface area contributed by atoms with Crippen LogP contribution >= 0.6 is 0 Å². The first-order valence-electron chi connectivity index (χ1n) is 10.5. The van der Waals surface area contributed by atoms with E-state index in [1.165, 1.54) is 88.3 Å². The minimum absolute atomic E-state index is 1.21. The van der Waals surface area contributed by atoms with Crippen LogP contribution in [0.4, 0.5) is 0 Å². The van der Waals surface area contributed by atoms with Gasteiger partial charge in [-0.25, -0.2) is 0 Å². The number of pyridine rings is 1. The molecule has 2 rings (SSSR count). The number of aryl methyl sites for hydroxylation is 1. The van der Waals surface area contributed by atoms with Crippen LogP contribution in [0.3, 0.4) is 0 Å². The number of unbranched alkanes of at least 4 members (excludes halogenated alkanes) is 10. The van der Waals surface area contributed by atoms with Crippen molar-refractivity contribution < 1.29 is 4.57 Å².